The van der Waals surface area contributed by atoms with Crippen LogP contribution in [0.15, 0.2) is 72.8 Å². The summed E-state index contributed by atoms with van der Waals surface area (Å²) in [6.07, 6.45) is 16.8. The molecule has 0 saturated carbocycles. The molecule has 1 aliphatic carbocycles. The molecule has 0 fully saturated rings. The van der Waals surface area contributed by atoms with E-state index in [1.807, 2.05) is 0 Å². The number of nitro groups is 2. The highest BCUT2D eigenvalue weighted by Gasteiger charge is 2.43. The van der Waals surface area contributed by atoms with Crippen molar-refractivity contribution in [3.05, 3.63) is 104 Å². The van der Waals surface area contributed by atoms with Gasteiger partial charge < -0.3 is 9.97 Å². The number of hydrogen-bond acceptors (Lipinski definition) is 6. The molecule has 2 aromatic heterocycles. The minimum absolute atomic E-state index is 0.0519. The van der Waals surface area contributed by atoms with Crippen LogP contribution in [0.2, 0.25) is 0 Å². The van der Waals surface area contributed by atoms with Crippen molar-refractivity contribution in [3.8, 4) is 33.9 Å². The minimum atomic E-state index is -0.386. The highest BCUT2D eigenvalue weighted by atomic mass is 16.6. The molecule has 0 amide bonds. The number of non-ortho nitro benzene ring substituents is 2. The number of hydrogen-bond donors (Lipinski definition) is 2. The zero-order valence-corrected chi connectivity index (χ0v) is 30.7. The van der Waals surface area contributed by atoms with Crippen molar-refractivity contribution >= 4 is 33.4 Å². The molecule has 6 aromatic rings. The lowest BCUT2D eigenvalue weighted by Crippen LogP contribution is -2.25. The molecule has 4 aromatic carbocycles. The molecule has 2 heterocycles. The first kappa shape index (κ1) is 36.0. The molecular formula is C43H48N6O4. The van der Waals surface area contributed by atoms with Gasteiger partial charge in [0.25, 0.3) is 11.4 Å². The van der Waals surface area contributed by atoms with Crippen LogP contribution >= 0.6 is 0 Å². The van der Waals surface area contributed by atoms with E-state index in [9.17, 15) is 20.2 Å². The smallest absolute Gasteiger partial charge is 0.269 e. The molecule has 0 unspecified atom stereocenters. The van der Waals surface area contributed by atoms with Crippen molar-refractivity contribution in [2.24, 2.45) is 0 Å². The summed E-state index contributed by atoms with van der Waals surface area (Å²) in [4.78, 5) is 38.9. The fourth-order valence-corrected chi connectivity index (χ4v) is 8.33. The number of nitrogens with one attached hydrogen (secondary N) is 2. The molecule has 53 heavy (non-hydrogen) atoms. The normalized spacial score (nSPS) is 13.1. The van der Waals surface area contributed by atoms with Gasteiger partial charge in [-0.1, -0.05) is 90.9 Å². The minimum Gasteiger partial charge on any atom is -0.338 e. The monoisotopic (exact) mass is 712 g/mol. The second-order valence-corrected chi connectivity index (χ2v) is 14.7. The summed E-state index contributed by atoms with van der Waals surface area (Å²) in [7, 11) is 0. The first-order chi connectivity index (χ1) is 25.8. The van der Waals surface area contributed by atoms with E-state index >= 15 is 0 Å². The Morgan fingerprint density at radius 3 is 1.30 bits per heavy atom. The standard InChI is InChI=1S/C43H48N6O4/c1-3-5-7-9-11-13-23-43(24-14-12-10-8-6-4-2)35-27-39-37(44-41(46-39)29-15-19-31(20-16-29)48(50)51)25-33(35)34-26-38-40(28-36(34)43)47-42(45-38)30-17-21-32(22-18-30)49(52)53/h15-22,25-28H,3-14,23-24H2,1-2H3,(H,44,46)(H,45,47). The van der Waals surface area contributed by atoms with Gasteiger partial charge in [-0.15, -0.1) is 0 Å². The Morgan fingerprint density at radius 2 is 0.925 bits per heavy atom. The van der Waals surface area contributed by atoms with Crippen LogP contribution in [0.4, 0.5) is 11.4 Å². The van der Waals surface area contributed by atoms with Crippen LogP contribution in [-0.4, -0.2) is 29.8 Å². The van der Waals surface area contributed by atoms with Crippen LogP contribution in [0.1, 0.15) is 115 Å². The van der Waals surface area contributed by atoms with Crippen molar-refractivity contribution in [1.29, 1.82) is 0 Å². The predicted molar refractivity (Wildman–Crippen MR) is 212 cm³/mol. The molecule has 0 saturated heterocycles. The van der Waals surface area contributed by atoms with Crippen LogP contribution in [0.25, 0.3) is 56.0 Å². The van der Waals surface area contributed by atoms with E-state index in [1.165, 1.54) is 111 Å². The Hall–Kier alpha value is -5.38. The van der Waals surface area contributed by atoms with Gasteiger partial charge in [-0.2, -0.15) is 0 Å². The van der Waals surface area contributed by atoms with Gasteiger partial charge >= 0.3 is 0 Å². The van der Waals surface area contributed by atoms with Gasteiger partial charge in [-0.25, -0.2) is 9.97 Å². The van der Waals surface area contributed by atoms with E-state index in [-0.39, 0.29) is 26.6 Å². The Kier molecular flexibility index (Phi) is 10.7. The molecule has 0 aliphatic heterocycles. The van der Waals surface area contributed by atoms with E-state index in [1.54, 1.807) is 24.3 Å². The summed E-state index contributed by atoms with van der Waals surface area (Å²) >= 11 is 0. The van der Waals surface area contributed by atoms with Crippen molar-refractivity contribution < 1.29 is 9.85 Å². The maximum absolute atomic E-state index is 11.3. The fraction of sp³-hybridized carbons (Fsp3) is 0.395. The summed E-state index contributed by atoms with van der Waals surface area (Å²) in [6, 6.07) is 22.1. The molecule has 10 nitrogen and oxygen atoms in total. The Balaban J connectivity index is 1.33. The van der Waals surface area contributed by atoms with Crippen molar-refractivity contribution in [3.63, 3.8) is 0 Å². The summed E-state index contributed by atoms with van der Waals surface area (Å²) < 4.78 is 0. The number of nitrogens with zero attached hydrogens (tertiary/aromatic N) is 4. The quantitative estimate of drug-likeness (QED) is 0.0515. The lowest BCUT2D eigenvalue weighted by Gasteiger charge is -2.33. The summed E-state index contributed by atoms with van der Waals surface area (Å²) in [5.74, 6) is 1.37. The zero-order valence-electron chi connectivity index (χ0n) is 30.7. The molecule has 1 aliphatic rings. The number of aromatic nitrogens is 4. The average Bonchev–Trinajstić information content (AvgIpc) is 3.85. The predicted octanol–water partition coefficient (Wildman–Crippen LogP) is 12.4. The molecule has 10 heteroatoms. The first-order valence-corrected chi connectivity index (χ1v) is 19.4. The van der Waals surface area contributed by atoms with Gasteiger partial charge in [-0.05, 0) is 83.6 Å². The van der Waals surface area contributed by atoms with E-state index in [0.717, 1.165) is 58.9 Å². The molecule has 274 valence electrons. The number of nitro benzene ring substituents is 2. The summed E-state index contributed by atoms with van der Waals surface area (Å²) in [6.45, 7) is 4.52. The number of unbranched alkanes of at least 4 members (excludes halogenated alkanes) is 10. The third-order valence-corrected chi connectivity index (χ3v) is 11.2. The largest absolute Gasteiger partial charge is 0.338 e. The number of aromatic amines is 2. The van der Waals surface area contributed by atoms with E-state index < -0.39 is 0 Å². The van der Waals surface area contributed by atoms with Crippen LogP contribution < -0.4 is 0 Å². The number of H-pyrrole nitrogens is 2. The number of fused-ring (bicyclic) bond motifs is 5. The fourth-order valence-electron chi connectivity index (χ4n) is 8.33. The van der Waals surface area contributed by atoms with E-state index in [2.05, 4.69) is 48.1 Å². The summed E-state index contributed by atoms with van der Waals surface area (Å²) in [5, 5.41) is 22.6. The average molecular weight is 713 g/mol. The van der Waals surface area contributed by atoms with Gasteiger partial charge in [0.2, 0.25) is 0 Å². The molecule has 2 N–H and O–H groups in total. The maximum atomic E-state index is 11.3. The molecule has 7 rings (SSSR count). The van der Waals surface area contributed by atoms with Crippen LogP contribution in [0, 0.1) is 20.2 Å². The lowest BCUT2D eigenvalue weighted by molar-refractivity contribution is -0.385. The molecule has 0 atom stereocenters. The Bertz CT molecular complexity index is 2080. The highest BCUT2D eigenvalue weighted by Crippen LogP contribution is 2.56. The third kappa shape index (κ3) is 7.32. The lowest BCUT2D eigenvalue weighted by atomic mass is 9.70. The Morgan fingerprint density at radius 1 is 0.547 bits per heavy atom. The molecular weight excluding hydrogens is 665 g/mol. The maximum Gasteiger partial charge on any atom is 0.269 e. The van der Waals surface area contributed by atoms with E-state index in [4.69, 9.17) is 9.97 Å². The van der Waals surface area contributed by atoms with Gasteiger partial charge in [0, 0.05) is 40.8 Å². The molecule has 0 bridgehead atoms. The third-order valence-electron chi connectivity index (χ3n) is 11.2. The number of benzene rings is 4. The van der Waals surface area contributed by atoms with Gasteiger partial charge in [-0.3, -0.25) is 20.2 Å². The van der Waals surface area contributed by atoms with Crippen molar-refractivity contribution in [2.45, 2.75) is 109 Å². The van der Waals surface area contributed by atoms with Crippen LogP contribution in [0.5, 0.6) is 0 Å². The van der Waals surface area contributed by atoms with Crippen molar-refractivity contribution in [1.82, 2.24) is 19.9 Å². The van der Waals surface area contributed by atoms with Gasteiger partial charge in [0.1, 0.15) is 11.6 Å². The SMILES string of the molecule is CCCCCCCCC1(CCCCCCCC)c2cc3[nH]c(-c4ccc([N+](=O)[O-])cc4)nc3cc2-c2cc3nc(-c4ccc([N+](=O)[O-])cc4)[nH]c3cc21. The second-order valence-electron chi connectivity index (χ2n) is 14.7. The first-order valence-electron chi connectivity index (χ1n) is 19.4. The summed E-state index contributed by atoms with van der Waals surface area (Å²) in [5.41, 5.74) is 10.2. The second kappa shape index (κ2) is 15.7. The Labute approximate surface area is 309 Å². The molecule has 0 spiro atoms. The van der Waals surface area contributed by atoms with Gasteiger partial charge in [0.15, 0.2) is 0 Å². The van der Waals surface area contributed by atoms with Crippen molar-refractivity contribution in [2.75, 3.05) is 0 Å². The number of imidazole rings is 2. The highest BCUT2D eigenvalue weighted by molar-refractivity contribution is 5.96. The van der Waals surface area contributed by atoms with Gasteiger partial charge in [0.05, 0.1) is 31.9 Å². The number of rotatable bonds is 18. The van der Waals surface area contributed by atoms with Crippen LogP contribution in [-0.2, 0) is 5.41 Å². The topological polar surface area (TPSA) is 144 Å². The van der Waals surface area contributed by atoms with Crippen LogP contribution in [0.3, 0.4) is 0 Å². The zero-order chi connectivity index (χ0) is 37.0. The molecule has 0 radical (unpaired) electrons. The van der Waals surface area contributed by atoms with E-state index in [0.29, 0.717) is 11.6 Å².